The topological polar surface area (TPSA) is 54.5 Å². The first-order valence-corrected chi connectivity index (χ1v) is 7.70. The number of carbonyl (C=O) groups excluding carboxylic acids is 1. The lowest BCUT2D eigenvalue weighted by Gasteiger charge is -2.15. The molecule has 0 aliphatic carbocycles. The number of para-hydroxylation sites is 1. The second-order valence-corrected chi connectivity index (χ2v) is 5.70. The molecule has 2 aromatic rings. The van der Waals surface area contributed by atoms with E-state index in [1.54, 1.807) is 18.2 Å². The Morgan fingerprint density at radius 3 is 2.95 bits per heavy atom. The van der Waals surface area contributed by atoms with Gasteiger partial charge in [0.15, 0.2) is 16.7 Å². The number of nitrogens with zero attached hydrogens (tertiary/aromatic N) is 2. The van der Waals surface area contributed by atoms with Gasteiger partial charge in [0.1, 0.15) is 6.61 Å². The van der Waals surface area contributed by atoms with Crippen LogP contribution >= 0.6 is 11.3 Å². The lowest BCUT2D eigenvalue weighted by molar-refractivity contribution is -0.114. The zero-order valence-corrected chi connectivity index (χ0v) is 13.3. The lowest BCUT2D eigenvalue weighted by atomic mass is 10.3. The van der Waals surface area contributed by atoms with E-state index >= 15 is 0 Å². The fourth-order valence-electron chi connectivity index (χ4n) is 1.82. The third-order valence-corrected chi connectivity index (χ3v) is 3.64. The van der Waals surface area contributed by atoms with Crippen LogP contribution in [0, 0.1) is 5.82 Å². The summed E-state index contributed by atoms with van der Waals surface area (Å²) in [6, 6.07) is 6.34. The second kappa shape index (κ2) is 7.86. The van der Waals surface area contributed by atoms with Crippen LogP contribution in [0.25, 0.3) is 0 Å². The zero-order chi connectivity index (χ0) is 15.9. The summed E-state index contributed by atoms with van der Waals surface area (Å²) in [6.45, 7) is 3.12. The van der Waals surface area contributed by atoms with Crippen LogP contribution in [0.3, 0.4) is 0 Å². The van der Waals surface area contributed by atoms with Gasteiger partial charge in [0.05, 0.1) is 5.69 Å². The summed E-state index contributed by atoms with van der Waals surface area (Å²) in [5.41, 5.74) is 0.877. The van der Waals surface area contributed by atoms with Gasteiger partial charge in [-0.1, -0.05) is 12.1 Å². The first-order valence-electron chi connectivity index (χ1n) is 6.82. The number of ether oxygens (including phenoxy) is 1. The Bertz CT molecular complexity index is 633. The van der Waals surface area contributed by atoms with Crippen molar-refractivity contribution in [3.05, 3.63) is 41.2 Å². The number of aromatic nitrogens is 1. The average Bonchev–Trinajstić information content (AvgIpc) is 2.87. The van der Waals surface area contributed by atoms with E-state index in [9.17, 15) is 9.18 Å². The number of halogens is 1. The van der Waals surface area contributed by atoms with Gasteiger partial charge in [-0.3, -0.25) is 9.69 Å². The minimum Gasteiger partial charge on any atom is -0.489 e. The second-order valence-electron chi connectivity index (χ2n) is 4.84. The minimum atomic E-state index is -0.357. The number of likely N-dealkylation sites (N-methyl/N-ethyl adjacent to an activating group) is 1. The normalized spacial score (nSPS) is 10.7. The van der Waals surface area contributed by atoms with Crippen molar-refractivity contribution in [2.45, 2.75) is 13.5 Å². The minimum absolute atomic E-state index is 0.132. The number of nitrogens with one attached hydrogen (secondary N) is 1. The quantitative estimate of drug-likeness (QED) is 0.851. The highest BCUT2D eigenvalue weighted by Crippen LogP contribution is 2.17. The van der Waals surface area contributed by atoms with Crippen molar-refractivity contribution in [1.82, 2.24) is 9.88 Å². The Morgan fingerprint density at radius 1 is 1.45 bits per heavy atom. The van der Waals surface area contributed by atoms with Gasteiger partial charge in [-0.2, -0.15) is 0 Å². The predicted octanol–water partition coefficient (Wildman–Crippen LogP) is 2.75. The van der Waals surface area contributed by atoms with Crippen LogP contribution in [0.5, 0.6) is 5.75 Å². The number of hydrogen-bond donors (Lipinski definition) is 1. The molecule has 1 aromatic heterocycles. The molecule has 0 aliphatic heterocycles. The van der Waals surface area contributed by atoms with Crippen molar-refractivity contribution in [2.24, 2.45) is 0 Å². The lowest BCUT2D eigenvalue weighted by Crippen LogP contribution is -2.24. The highest BCUT2D eigenvalue weighted by molar-refractivity contribution is 7.13. The first-order chi connectivity index (χ1) is 10.5. The summed E-state index contributed by atoms with van der Waals surface area (Å²) in [7, 11) is 1.93. The summed E-state index contributed by atoms with van der Waals surface area (Å²) < 4.78 is 18.8. The van der Waals surface area contributed by atoms with Crippen LogP contribution in [0.4, 0.5) is 9.52 Å². The predicted molar refractivity (Wildman–Crippen MR) is 84.6 cm³/mol. The number of anilines is 1. The van der Waals surface area contributed by atoms with Gasteiger partial charge in [0.25, 0.3) is 0 Å². The van der Waals surface area contributed by atoms with E-state index in [0.717, 1.165) is 5.69 Å². The van der Waals surface area contributed by atoms with Crippen molar-refractivity contribution in [3.8, 4) is 5.75 Å². The molecular formula is C15H18FN3O2S. The van der Waals surface area contributed by atoms with E-state index in [1.807, 2.05) is 17.3 Å². The molecule has 1 amide bonds. The summed E-state index contributed by atoms with van der Waals surface area (Å²) in [6.07, 6.45) is 0. The van der Waals surface area contributed by atoms with Crippen LogP contribution in [-0.2, 0) is 11.3 Å². The SMILES string of the molecule is CC(=O)Nc1nc(CN(C)CCOc2ccccc2F)cs1. The van der Waals surface area contributed by atoms with Gasteiger partial charge in [0.2, 0.25) is 5.91 Å². The van der Waals surface area contributed by atoms with Gasteiger partial charge in [-0.25, -0.2) is 9.37 Å². The van der Waals surface area contributed by atoms with Crippen LogP contribution in [0.1, 0.15) is 12.6 Å². The molecule has 0 saturated heterocycles. The summed E-state index contributed by atoms with van der Waals surface area (Å²) in [4.78, 5) is 17.3. The number of carbonyl (C=O) groups is 1. The number of benzene rings is 1. The molecule has 0 radical (unpaired) electrons. The Labute approximate surface area is 132 Å². The van der Waals surface area contributed by atoms with Crippen LogP contribution in [0.15, 0.2) is 29.6 Å². The van der Waals surface area contributed by atoms with Gasteiger partial charge in [-0.05, 0) is 19.2 Å². The van der Waals surface area contributed by atoms with Crippen molar-refractivity contribution in [1.29, 1.82) is 0 Å². The summed E-state index contributed by atoms with van der Waals surface area (Å²) in [5, 5.41) is 5.15. The van der Waals surface area contributed by atoms with Crippen molar-refractivity contribution < 1.29 is 13.9 Å². The number of hydrogen-bond acceptors (Lipinski definition) is 5. The maximum atomic E-state index is 13.4. The number of amides is 1. The van der Waals surface area contributed by atoms with E-state index in [2.05, 4.69) is 10.3 Å². The van der Waals surface area contributed by atoms with Crippen molar-refractivity contribution in [3.63, 3.8) is 0 Å². The highest BCUT2D eigenvalue weighted by Gasteiger charge is 2.07. The molecule has 5 nitrogen and oxygen atoms in total. The molecule has 22 heavy (non-hydrogen) atoms. The van der Waals surface area contributed by atoms with E-state index < -0.39 is 0 Å². The Balaban J connectivity index is 1.76. The summed E-state index contributed by atoms with van der Waals surface area (Å²) >= 11 is 1.39. The van der Waals surface area contributed by atoms with E-state index in [4.69, 9.17) is 4.74 Å². The van der Waals surface area contributed by atoms with E-state index in [1.165, 1.54) is 24.3 Å². The molecule has 1 heterocycles. The maximum Gasteiger partial charge on any atom is 0.223 e. The van der Waals surface area contributed by atoms with E-state index in [-0.39, 0.29) is 17.5 Å². The Morgan fingerprint density at radius 2 is 2.23 bits per heavy atom. The van der Waals surface area contributed by atoms with Gasteiger partial charge in [-0.15, -0.1) is 11.3 Å². The highest BCUT2D eigenvalue weighted by atomic mass is 32.1. The Hall–Kier alpha value is -1.99. The first kappa shape index (κ1) is 16.4. The molecule has 7 heteroatoms. The molecule has 0 bridgehead atoms. The van der Waals surface area contributed by atoms with Gasteiger partial charge in [0, 0.05) is 25.4 Å². The third kappa shape index (κ3) is 5.09. The smallest absolute Gasteiger partial charge is 0.223 e. The van der Waals surface area contributed by atoms with E-state index in [0.29, 0.717) is 24.8 Å². The molecule has 0 fully saturated rings. The largest absolute Gasteiger partial charge is 0.489 e. The zero-order valence-electron chi connectivity index (χ0n) is 12.5. The fourth-order valence-corrected chi connectivity index (χ4v) is 2.56. The third-order valence-electron chi connectivity index (χ3n) is 2.83. The molecule has 1 aromatic carbocycles. The van der Waals surface area contributed by atoms with Crippen molar-refractivity contribution >= 4 is 22.4 Å². The molecule has 1 N–H and O–H groups in total. The molecule has 0 aliphatic rings. The van der Waals surface area contributed by atoms with Crippen LogP contribution in [-0.4, -0.2) is 36.0 Å². The molecule has 0 spiro atoms. The molecule has 0 unspecified atom stereocenters. The molecule has 2 rings (SSSR count). The standard InChI is InChI=1S/C15H18FN3O2S/c1-11(20)17-15-18-12(10-22-15)9-19(2)7-8-21-14-6-4-3-5-13(14)16/h3-6,10H,7-9H2,1-2H3,(H,17,18,20). The monoisotopic (exact) mass is 323 g/mol. The van der Waals surface area contributed by atoms with Gasteiger partial charge < -0.3 is 10.1 Å². The molecular weight excluding hydrogens is 305 g/mol. The summed E-state index contributed by atoms with van der Waals surface area (Å²) in [5.74, 6) is -0.227. The number of rotatable bonds is 7. The Kier molecular flexibility index (Phi) is 5.85. The van der Waals surface area contributed by atoms with Crippen LogP contribution in [0.2, 0.25) is 0 Å². The van der Waals surface area contributed by atoms with Crippen molar-refractivity contribution in [2.75, 3.05) is 25.5 Å². The van der Waals surface area contributed by atoms with Gasteiger partial charge >= 0.3 is 0 Å². The van der Waals surface area contributed by atoms with Crippen LogP contribution < -0.4 is 10.1 Å². The number of thiazole rings is 1. The molecule has 118 valence electrons. The average molecular weight is 323 g/mol. The molecule has 0 atom stereocenters. The fraction of sp³-hybridized carbons (Fsp3) is 0.333. The maximum absolute atomic E-state index is 13.4. The molecule has 0 saturated carbocycles.